The molecular formula is C13H26. The Bertz CT molecular complexity index is 144. The third-order valence-electron chi connectivity index (χ3n) is 3.15. The van der Waals surface area contributed by atoms with Gasteiger partial charge in [-0.3, -0.25) is 0 Å². The number of hydrogen-bond donors (Lipinski definition) is 0. The van der Waals surface area contributed by atoms with Gasteiger partial charge < -0.3 is 0 Å². The predicted octanol–water partition coefficient (Wildman–Crippen LogP) is 4.66. The first-order chi connectivity index (χ1) is 6.04. The Balaban J connectivity index is 4.31. The summed E-state index contributed by atoms with van der Waals surface area (Å²) in [5, 5.41) is 0. The van der Waals surface area contributed by atoms with Gasteiger partial charge in [-0.05, 0) is 24.2 Å². The summed E-state index contributed by atoms with van der Waals surface area (Å²) in [4.78, 5) is 0. The van der Waals surface area contributed by atoms with E-state index in [0.29, 0.717) is 5.92 Å². The summed E-state index contributed by atoms with van der Waals surface area (Å²) < 4.78 is 0. The Hall–Kier alpha value is -0.260. The van der Waals surface area contributed by atoms with Crippen molar-refractivity contribution >= 4 is 0 Å². The minimum atomic E-state index is 0.644. The summed E-state index contributed by atoms with van der Waals surface area (Å²) >= 11 is 0. The fourth-order valence-electron chi connectivity index (χ4n) is 1.86. The Morgan fingerprint density at radius 3 is 2.00 bits per heavy atom. The zero-order chi connectivity index (χ0) is 10.4. The molecule has 0 heteroatoms. The van der Waals surface area contributed by atoms with Crippen LogP contribution in [0.5, 0.6) is 0 Å². The maximum Gasteiger partial charge on any atom is -0.0178 e. The molecule has 0 aromatic carbocycles. The van der Waals surface area contributed by atoms with Gasteiger partial charge >= 0.3 is 0 Å². The molecule has 2 atom stereocenters. The van der Waals surface area contributed by atoms with Gasteiger partial charge in [-0.2, -0.15) is 0 Å². The van der Waals surface area contributed by atoms with Crippen LogP contribution in [-0.2, 0) is 0 Å². The zero-order valence-electron chi connectivity index (χ0n) is 10.1. The molecule has 0 aliphatic rings. The highest BCUT2D eigenvalue weighted by Gasteiger charge is 2.19. The Morgan fingerprint density at radius 1 is 1.15 bits per heavy atom. The van der Waals surface area contributed by atoms with Crippen LogP contribution < -0.4 is 0 Å². The van der Waals surface area contributed by atoms with E-state index in [-0.39, 0.29) is 0 Å². The van der Waals surface area contributed by atoms with Crippen LogP contribution in [0.1, 0.15) is 53.9 Å². The van der Waals surface area contributed by atoms with E-state index in [1.165, 1.54) is 24.8 Å². The minimum Gasteiger partial charge on any atom is -0.0993 e. The van der Waals surface area contributed by atoms with Gasteiger partial charge in [0.2, 0.25) is 0 Å². The normalized spacial score (nSPS) is 15.8. The van der Waals surface area contributed by atoms with E-state index < -0.39 is 0 Å². The zero-order valence-corrected chi connectivity index (χ0v) is 10.1. The van der Waals surface area contributed by atoms with Gasteiger partial charge in [-0.1, -0.05) is 59.6 Å². The summed E-state index contributed by atoms with van der Waals surface area (Å²) in [5.41, 5.74) is 1.45. The van der Waals surface area contributed by atoms with Crippen LogP contribution in [0.3, 0.4) is 0 Å². The summed E-state index contributed by atoms with van der Waals surface area (Å²) in [6.07, 6.45) is 3.86. The molecule has 78 valence electrons. The fraction of sp³-hybridized carbons (Fsp3) is 0.846. The van der Waals surface area contributed by atoms with E-state index in [1.54, 1.807) is 0 Å². The van der Waals surface area contributed by atoms with Crippen molar-refractivity contribution in [2.24, 2.45) is 17.8 Å². The number of allylic oxidation sites excluding steroid dienone is 1. The molecule has 0 spiro atoms. The average Bonchev–Trinajstić information content (AvgIpc) is 2.11. The van der Waals surface area contributed by atoms with E-state index in [9.17, 15) is 0 Å². The van der Waals surface area contributed by atoms with Crippen molar-refractivity contribution in [3.63, 3.8) is 0 Å². The minimum absolute atomic E-state index is 0.644. The van der Waals surface area contributed by atoms with Gasteiger partial charge in [-0.25, -0.2) is 0 Å². The van der Waals surface area contributed by atoms with E-state index >= 15 is 0 Å². The van der Waals surface area contributed by atoms with Crippen LogP contribution >= 0.6 is 0 Å². The van der Waals surface area contributed by atoms with Crippen LogP contribution in [0.15, 0.2) is 12.2 Å². The summed E-state index contributed by atoms with van der Waals surface area (Å²) in [7, 11) is 0. The van der Waals surface area contributed by atoms with Crippen molar-refractivity contribution < 1.29 is 0 Å². The van der Waals surface area contributed by atoms with E-state index in [1.807, 2.05) is 0 Å². The first-order valence-corrected chi connectivity index (χ1v) is 5.73. The maximum atomic E-state index is 4.24. The lowest BCUT2D eigenvalue weighted by atomic mass is 9.79. The summed E-state index contributed by atoms with van der Waals surface area (Å²) in [5.74, 6) is 2.19. The van der Waals surface area contributed by atoms with E-state index in [2.05, 4.69) is 41.2 Å². The maximum absolute atomic E-state index is 4.24. The molecule has 0 N–H and O–H groups in total. The molecule has 0 saturated heterocycles. The first kappa shape index (κ1) is 12.7. The lowest BCUT2D eigenvalue weighted by molar-refractivity contribution is 0.351. The molecule has 0 heterocycles. The van der Waals surface area contributed by atoms with Crippen molar-refractivity contribution in [3.8, 4) is 0 Å². The van der Waals surface area contributed by atoms with Gasteiger partial charge in [0.1, 0.15) is 0 Å². The quantitative estimate of drug-likeness (QED) is 0.524. The standard InChI is InChI=1S/C13H26/c1-7-9-13(11(5)8-2)12(6)10(3)4/h10-11,13H,6-9H2,1-5H3. The molecule has 0 aromatic heterocycles. The van der Waals surface area contributed by atoms with Crippen LogP contribution in [-0.4, -0.2) is 0 Å². The molecule has 2 unspecified atom stereocenters. The first-order valence-electron chi connectivity index (χ1n) is 5.73. The molecule has 0 aromatic rings. The molecule has 13 heavy (non-hydrogen) atoms. The van der Waals surface area contributed by atoms with E-state index in [4.69, 9.17) is 0 Å². The highest BCUT2D eigenvalue weighted by atomic mass is 14.2. The second-order valence-electron chi connectivity index (χ2n) is 4.51. The third kappa shape index (κ3) is 3.97. The molecule has 0 aliphatic carbocycles. The molecule has 0 fully saturated rings. The molecular weight excluding hydrogens is 156 g/mol. The molecule has 0 aliphatic heterocycles. The van der Waals surface area contributed by atoms with Crippen LogP contribution in [0.2, 0.25) is 0 Å². The molecule has 0 bridgehead atoms. The van der Waals surface area contributed by atoms with Gasteiger partial charge in [0.25, 0.3) is 0 Å². The Kier molecular flexibility index (Phi) is 6.11. The summed E-state index contributed by atoms with van der Waals surface area (Å²) in [6.45, 7) is 15.7. The number of rotatable bonds is 6. The second kappa shape index (κ2) is 6.23. The second-order valence-corrected chi connectivity index (χ2v) is 4.51. The van der Waals surface area contributed by atoms with Crippen molar-refractivity contribution in [3.05, 3.63) is 12.2 Å². The Labute approximate surface area is 84.4 Å². The molecule has 0 rings (SSSR count). The van der Waals surface area contributed by atoms with Crippen LogP contribution in [0.25, 0.3) is 0 Å². The lowest BCUT2D eigenvalue weighted by Crippen LogP contribution is -2.16. The fourth-order valence-corrected chi connectivity index (χ4v) is 1.86. The SMILES string of the molecule is C=C(C(C)C)C(CCC)C(C)CC. The summed E-state index contributed by atoms with van der Waals surface area (Å²) in [6, 6.07) is 0. The third-order valence-corrected chi connectivity index (χ3v) is 3.15. The molecule has 0 radical (unpaired) electrons. The molecule has 0 amide bonds. The van der Waals surface area contributed by atoms with Crippen LogP contribution in [0, 0.1) is 17.8 Å². The highest BCUT2D eigenvalue weighted by molar-refractivity contribution is 5.04. The van der Waals surface area contributed by atoms with E-state index in [0.717, 1.165) is 11.8 Å². The number of hydrogen-bond acceptors (Lipinski definition) is 0. The van der Waals surface area contributed by atoms with Crippen molar-refractivity contribution in [1.82, 2.24) is 0 Å². The van der Waals surface area contributed by atoms with Crippen LogP contribution in [0.4, 0.5) is 0 Å². The van der Waals surface area contributed by atoms with Gasteiger partial charge in [-0.15, -0.1) is 0 Å². The lowest BCUT2D eigenvalue weighted by Gasteiger charge is -2.27. The largest absolute Gasteiger partial charge is 0.0993 e. The molecule has 0 nitrogen and oxygen atoms in total. The van der Waals surface area contributed by atoms with Crippen molar-refractivity contribution in [2.75, 3.05) is 0 Å². The highest BCUT2D eigenvalue weighted by Crippen LogP contribution is 2.30. The smallest absolute Gasteiger partial charge is 0.0178 e. The monoisotopic (exact) mass is 182 g/mol. The Morgan fingerprint density at radius 2 is 1.69 bits per heavy atom. The molecule has 0 saturated carbocycles. The van der Waals surface area contributed by atoms with Crippen molar-refractivity contribution in [2.45, 2.75) is 53.9 Å². The van der Waals surface area contributed by atoms with Crippen molar-refractivity contribution in [1.29, 1.82) is 0 Å². The van der Waals surface area contributed by atoms with Gasteiger partial charge in [0.05, 0.1) is 0 Å². The van der Waals surface area contributed by atoms with Gasteiger partial charge in [0, 0.05) is 0 Å². The predicted molar refractivity (Wildman–Crippen MR) is 61.8 cm³/mol. The topological polar surface area (TPSA) is 0 Å². The van der Waals surface area contributed by atoms with Gasteiger partial charge in [0.15, 0.2) is 0 Å². The average molecular weight is 182 g/mol.